The van der Waals surface area contributed by atoms with Gasteiger partial charge in [0.25, 0.3) is 0 Å². The number of aromatic nitrogens is 2. The molecule has 0 bridgehead atoms. The number of nitrogens with zero attached hydrogens (tertiary/aromatic N) is 2. The fraction of sp³-hybridized carbons (Fsp3) is 0.105. The number of nitrogens with one attached hydrogen (secondary N) is 1. The summed E-state index contributed by atoms with van der Waals surface area (Å²) in [4.78, 5) is 20.6. The Kier molecular flexibility index (Phi) is 5.54. The lowest BCUT2D eigenvalue weighted by molar-refractivity contribution is 0.0462. The lowest BCUT2D eigenvalue weighted by atomic mass is 10.2. The van der Waals surface area contributed by atoms with Crippen LogP contribution in [0.25, 0.3) is 10.9 Å². The number of rotatable bonds is 6. The third-order valence-electron chi connectivity index (χ3n) is 3.76. The van der Waals surface area contributed by atoms with Crippen LogP contribution in [-0.2, 0) is 21.4 Å². The number of ether oxygens (including phenoxy) is 1. The smallest absolute Gasteiger partial charge is 0.338 e. The van der Waals surface area contributed by atoms with Crippen LogP contribution in [0, 0.1) is 12.3 Å². The van der Waals surface area contributed by atoms with E-state index in [9.17, 15) is 13.2 Å². The molecule has 0 aliphatic rings. The molecule has 0 atom stereocenters. The topological polar surface area (TPSA) is 124 Å². The van der Waals surface area contributed by atoms with Crippen LogP contribution in [0.5, 0.6) is 0 Å². The van der Waals surface area contributed by atoms with E-state index < -0.39 is 16.0 Å². The summed E-state index contributed by atoms with van der Waals surface area (Å²) in [6.45, 7) is -0.363. The molecule has 9 heteroatoms. The summed E-state index contributed by atoms with van der Waals surface area (Å²) in [5, 5.41) is 0.704. The van der Waals surface area contributed by atoms with Gasteiger partial charge in [0.2, 0.25) is 10.0 Å². The van der Waals surface area contributed by atoms with Gasteiger partial charge in [0.15, 0.2) is 12.4 Å². The van der Waals surface area contributed by atoms with Gasteiger partial charge in [-0.15, -0.1) is 6.42 Å². The van der Waals surface area contributed by atoms with Gasteiger partial charge >= 0.3 is 5.97 Å². The van der Waals surface area contributed by atoms with Crippen LogP contribution in [0.15, 0.2) is 53.4 Å². The average molecular weight is 396 g/mol. The van der Waals surface area contributed by atoms with Gasteiger partial charge in [0.1, 0.15) is 5.82 Å². The van der Waals surface area contributed by atoms with E-state index in [1.807, 2.05) is 12.1 Å². The van der Waals surface area contributed by atoms with Crippen LogP contribution in [0.2, 0.25) is 0 Å². The highest BCUT2D eigenvalue weighted by Crippen LogP contribution is 2.18. The number of terminal acetylenes is 1. The molecule has 0 unspecified atom stereocenters. The highest BCUT2D eigenvalue weighted by molar-refractivity contribution is 7.89. The second kappa shape index (κ2) is 8.04. The summed E-state index contributed by atoms with van der Waals surface area (Å²) in [7, 11) is -3.82. The summed E-state index contributed by atoms with van der Waals surface area (Å²) < 4.78 is 31.7. The third-order valence-corrected chi connectivity index (χ3v) is 5.15. The summed E-state index contributed by atoms with van der Waals surface area (Å²) >= 11 is 0. The summed E-state index contributed by atoms with van der Waals surface area (Å²) in [6.07, 6.45) is 5.06. The zero-order valence-corrected chi connectivity index (χ0v) is 15.4. The summed E-state index contributed by atoms with van der Waals surface area (Å²) in [5.74, 6) is 1.98. The molecule has 1 heterocycles. The standard InChI is InChI=1S/C19H16N4O4S/c1-2-10-21-28(25,26)14-7-5-6-13(11-14)19(24)27-12-17-22-16-9-4-3-8-15(16)18(20)23-17/h1,3-9,11,21H,10,12H2,(H2,20,22,23). The lowest BCUT2D eigenvalue weighted by Gasteiger charge is -2.08. The zero-order chi connectivity index (χ0) is 20.1. The first-order valence-electron chi connectivity index (χ1n) is 8.12. The molecule has 3 N–H and O–H groups in total. The molecule has 2 aromatic carbocycles. The number of hydrogen-bond acceptors (Lipinski definition) is 7. The van der Waals surface area contributed by atoms with Gasteiger partial charge in [-0.05, 0) is 30.3 Å². The molecule has 0 spiro atoms. The van der Waals surface area contributed by atoms with Crippen LogP contribution in [0.1, 0.15) is 16.2 Å². The van der Waals surface area contributed by atoms with Gasteiger partial charge in [0, 0.05) is 5.39 Å². The van der Waals surface area contributed by atoms with E-state index in [1.165, 1.54) is 24.3 Å². The van der Waals surface area contributed by atoms with E-state index in [4.69, 9.17) is 16.9 Å². The van der Waals surface area contributed by atoms with Crippen LogP contribution >= 0.6 is 0 Å². The number of fused-ring (bicyclic) bond motifs is 1. The predicted molar refractivity (Wildman–Crippen MR) is 104 cm³/mol. The molecule has 3 aromatic rings. The minimum atomic E-state index is -3.82. The molecule has 3 rings (SSSR count). The van der Waals surface area contributed by atoms with Crippen LogP contribution in [0.4, 0.5) is 5.82 Å². The Hall–Kier alpha value is -3.48. The maximum Gasteiger partial charge on any atom is 0.338 e. The fourth-order valence-electron chi connectivity index (χ4n) is 2.44. The lowest BCUT2D eigenvalue weighted by Crippen LogP contribution is -2.24. The number of anilines is 1. The number of carbonyl (C=O) groups excluding carboxylic acids is 1. The first kappa shape index (κ1) is 19.3. The van der Waals surface area contributed by atoms with Gasteiger partial charge in [0.05, 0.1) is 22.5 Å². The van der Waals surface area contributed by atoms with E-state index >= 15 is 0 Å². The van der Waals surface area contributed by atoms with Crippen LogP contribution in [0.3, 0.4) is 0 Å². The monoisotopic (exact) mass is 396 g/mol. The maximum atomic E-state index is 12.3. The minimum Gasteiger partial charge on any atom is -0.454 e. The molecule has 142 valence electrons. The second-order valence-corrected chi connectivity index (χ2v) is 7.44. The Labute approximate surface area is 161 Å². The highest BCUT2D eigenvalue weighted by Gasteiger charge is 2.17. The number of nitrogen functional groups attached to an aromatic ring is 1. The van der Waals surface area contributed by atoms with Gasteiger partial charge in [-0.3, -0.25) is 0 Å². The Morgan fingerprint density at radius 3 is 2.75 bits per heavy atom. The van der Waals surface area contributed by atoms with Gasteiger partial charge in [-0.2, -0.15) is 4.72 Å². The zero-order valence-electron chi connectivity index (χ0n) is 14.6. The van der Waals surface area contributed by atoms with Gasteiger partial charge in [-0.25, -0.2) is 23.2 Å². The van der Waals surface area contributed by atoms with Crippen molar-refractivity contribution in [2.24, 2.45) is 0 Å². The summed E-state index contributed by atoms with van der Waals surface area (Å²) in [6, 6.07) is 12.6. The van der Waals surface area contributed by atoms with Crippen LogP contribution in [-0.4, -0.2) is 30.9 Å². The highest BCUT2D eigenvalue weighted by atomic mass is 32.2. The number of nitrogens with two attached hydrogens (primary N) is 1. The molecule has 0 aliphatic carbocycles. The van der Waals surface area contributed by atoms with Crippen molar-refractivity contribution in [2.45, 2.75) is 11.5 Å². The molecule has 0 fully saturated rings. The molecule has 0 saturated heterocycles. The van der Waals surface area contributed by atoms with Crippen molar-refractivity contribution in [3.05, 3.63) is 59.9 Å². The Bertz CT molecular complexity index is 1190. The van der Waals surface area contributed by atoms with Crippen molar-refractivity contribution in [3.8, 4) is 12.3 Å². The van der Waals surface area contributed by atoms with Gasteiger partial charge < -0.3 is 10.5 Å². The summed E-state index contributed by atoms with van der Waals surface area (Å²) in [5.41, 5.74) is 6.60. The SMILES string of the molecule is C#CCNS(=O)(=O)c1cccc(C(=O)OCc2nc(N)c3ccccc3n2)c1. The average Bonchev–Trinajstić information content (AvgIpc) is 2.70. The van der Waals surface area contributed by atoms with E-state index in [0.717, 1.165) is 0 Å². The Morgan fingerprint density at radius 2 is 1.96 bits per heavy atom. The third kappa shape index (κ3) is 4.25. The van der Waals surface area contributed by atoms with Crippen molar-refractivity contribution in [3.63, 3.8) is 0 Å². The first-order valence-corrected chi connectivity index (χ1v) is 9.60. The van der Waals surface area contributed by atoms with Gasteiger partial charge in [-0.1, -0.05) is 24.1 Å². The van der Waals surface area contributed by atoms with E-state index in [0.29, 0.717) is 10.9 Å². The molecular weight excluding hydrogens is 380 g/mol. The van der Waals surface area contributed by atoms with Crippen molar-refractivity contribution in [1.29, 1.82) is 0 Å². The number of hydrogen-bond donors (Lipinski definition) is 2. The molecule has 0 aliphatic heterocycles. The molecular formula is C19H16N4O4S. The minimum absolute atomic E-state index is 0.0670. The maximum absolute atomic E-state index is 12.3. The fourth-order valence-corrected chi connectivity index (χ4v) is 3.42. The number of benzene rings is 2. The molecule has 0 saturated carbocycles. The molecule has 1 aromatic heterocycles. The normalized spacial score (nSPS) is 11.1. The molecule has 8 nitrogen and oxygen atoms in total. The van der Waals surface area contributed by atoms with E-state index in [1.54, 1.807) is 12.1 Å². The molecule has 0 amide bonds. The number of carbonyl (C=O) groups is 1. The van der Waals surface area contributed by atoms with Crippen LogP contribution < -0.4 is 10.5 Å². The Morgan fingerprint density at radius 1 is 1.18 bits per heavy atom. The number of esters is 1. The van der Waals surface area contributed by atoms with E-state index in [-0.39, 0.29) is 35.3 Å². The number of sulfonamides is 1. The van der Waals surface area contributed by atoms with Crippen molar-refractivity contribution >= 4 is 32.7 Å². The first-order chi connectivity index (χ1) is 13.4. The molecule has 0 radical (unpaired) electrons. The largest absolute Gasteiger partial charge is 0.454 e. The van der Waals surface area contributed by atoms with Crippen molar-refractivity contribution in [2.75, 3.05) is 12.3 Å². The van der Waals surface area contributed by atoms with E-state index in [2.05, 4.69) is 20.6 Å². The molecule has 28 heavy (non-hydrogen) atoms. The predicted octanol–water partition coefficient (Wildman–Crippen LogP) is 1.48. The Balaban J connectivity index is 1.75. The van der Waals surface area contributed by atoms with Crippen molar-refractivity contribution in [1.82, 2.24) is 14.7 Å². The number of para-hydroxylation sites is 1. The quantitative estimate of drug-likeness (QED) is 0.478. The van der Waals surface area contributed by atoms with Crippen molar-refractivity contribution < 1.29 is 17.9 Å². The second-order valence-electron chi connectivity index (χ2n) is 5.67.